The molecule has 3 aromatic rings. The van der Waals surface area contributed by atoms with Crippen molar-refractivity contribution in [3.8, 4) is 11.4 Å². The zero-order valence-electron chi connectivity index (χ0n) is 14.5. The Morgan fingerprint density at radius 3 is 2.81 bits per heavy atom. The summed E-state index contributed by atoms with van der Waals surface area (Å²) >= 11 is 0. The SMILES string of the molecule is O=C(COc1cccc(-n2cnnn2)c1)c1c[nH]c(C(=O)N2CCCC2)c1. The zero-order valence-corrected chi connectivity index (χ0v) is 14.5. The van der Waals surface area contributed by atoms with E-state index in [1.807, 2.05) is 6.07 Å². The van der Waals surface area contributed by atoms with Crippen molar-refractivity contribution in [2.24, 2.45) is 0 Å². The molecule has 0 spiro atoms. The van der Waals surface area contributed by atoms with Gasteiger partial charge in [0.05, 0.1) is 5.69 Å². The smallest absolute Gasteiger partial charge is 0.270 e. The lowest BCUT2D eigenvalue weighted by molar-refractivity contribution is 0.0787. The number of ether oxygens (including phenoxy) is 1. The number of carbonyl (C=O) groups excluding carboxylic acids is 2. The largest absolute Gasteiger partial charge is 0.485 e. The monoisotopic (exact) mass is 366 g/mol. The molecule has 1 N–H and O–H groups in total. The summed E-state index contributed by atoms with van der Waals surface area (Å²) in [6.45, 7) is 1.40. The molecule has 4 rings (SSSR count). The van der Waals surface area contributed by atoms with Crippen LogP contribution in [0.25, 0.3) is 5.69 Å². The van der Waals surface area contributed by atoms with E-state index in [1.54, 1.807) is 35.4 Å². The first-order chi connectivity index (χ1) is 13.2. The summed E-state index contributed by atoms with van der Waals surface area (Å²) in [5.74, 6) is 0.251. The molecule has 1 amide bonds. The van der Waals surface area contributed by atoms with E-state index in [2.05, 4.69) is 20.5 Å². The molecule has 2 aromatic heterocycles. The highest BCUT2D eigenvalue weighted by Gasteiger charge is 2.21. The van der Waals surface area contributed by atoms with Crippen LogP contribution >= 0.6 is 0 Å². The predicted octanol–water partition coefficient (Wildman–Crippen LogP) is 1.49. The van der Waals surface area contributed by atoms with Crippen molar-refractivity contribution < 1.29 is 14.3 Å². The van der Waals surface area contributed by atoms with Crippen molar-refractivity contribution in [1.29, 1.82) is 0 Å². The van der Waals surface area contributed by atoms with Gasteiger partial charge in [0.25, 0.3) is 5.91 Å². The molecule has 138 valence electrons. The van der Waals surface area contributed by atoms with Gasteiger partial charge >= 0.3 is 0 Å². The average molecular weight is 366 g/mol. The highest BCUT2D eigenvalue weighted by molar-refractivity contribution is 6.01. The summed E-state index contributed by atoms with van der Waals surface area (Å²) in [6, 6.07) is 8.70. The van der Waals surface area contributed by atoms with E-state index in [-0.39, 0.29) is 18.3 Å². The van der Waals surface area contributed by atoms with Gasteiger partial charge in [0.1, 0.15) is 17.8 Å². The number of carbonyl (C=O) groups is 2. The molecule has 1 aliphatic heterocycles. The van der Waals surface area contributed by atoms with Crippen LogP contribution in [0.4, 0.5) is 0 Å². The summed E-state index contributed by atoms with van der Waals surface area (Å²) in [5, 5.41) is 11.0. The van der Waals surface area contributed by atoms with Crippen LogP contribution in [-0.4, -0.2) is 61.5 Å². The lowest BCUT2D eigenvalue weighted by atomic mass is 10.2. The molecule has 0 bridgehead atoms. The fourth-order valence-electron chi connectivity index (χ4n) is 3.00. The third-order valence-corrected chi connectivity index (χ3v) is 4.43. The Labute approximate surface area is 154 Å². The maximum absolute atomic E-state index is 12.4. The number of likely N-dealkylation sites (tertiary alicyclic amines) is 1. The Kier molecular flexibility index (Phi) is 4.65. The van der Waals surface area contributed by atoms with Crippen molar-refractivity contribution in [3.05, 3.63) is 54.1 Å². The predicted molar refractivity (Wildman–Crippen MR) is 94.9 cm³/mol. The first kappa shape index (κ1) is 17.0. The van der Waals surface area contributed by atoms with Crippen LogP contribution in [-0.2, 0) is 0 Å². The van der Waals surface area contributed by atoms with E-state index in [0.717, 1.165) is 31.6 Å². The van der Waals surface area contributed by atoms with Gasteiger partial charge in [-0.1, -0.05) is 6.07 Å². The number of H-pyrrole nitrogens is 1. The molecule has 1 saturated heterocycles. The number of hydrogen-bond acceptors (Lipinski definition) is 6. The van der Waals surface area contributed by atoms with Crippen molar-refractivity contribution >= 4 is 11.7 Å². The Morgan fingerprint density at radius 2 is 2.04 bits per heavy atom. The van der Waals surface area contributed by atoms with Gasteiger partial charge in [-0.2, -0.15) is 0 Å². The normalized spacial score (nSPS) is 13.7. The molecule has 0 atom stereocenters. The van der Waals surface area contributed by atoms with Crippen LogP contribution in [0, 0.1) is 0 Å². The summed E-state index contributed by atoms with van der Waals surface area (Å²) in [5.41, 5.74) is 1.58. The van der Waals surface area contributed by atoms with Gasteiger partial charge in [-0.05, 0) is 41.5 Å². The van der Waals surface area contributed by atoms with Gasteiger partial charge in [0.2, 0.25) is 5.78 Å². The summed E-state index contributed by atoms with van der Waals surface area (Å²) < 4.78 is 7.09. The molecule has 0 radical (unpaired) electrons. The van der Waals surface area contributed by atoms with Crippen LogP contribution in [0.15, 0.2) is 42.9 Å². The van der Waals surface area contributed by atoms with Crippen molar-refractivity contribution in [2.45, 2.75) is 12.8 Å². The number of benzene rings is 1. The van der Waals surface area contributed by atoms with Crippen LogP contribution in [0.1, 0.15) is 33.7 Å². The number of aromatic nitrogens is 5. The van der Waals surface area contributed by atoms with Gasteiger partial charge in [0.15, 0.2) is 6.61 Å². The number of tetrazole rings is 1. The maximum atomic E-state index is 12.4. The number of ketones is 1. The van der Waals surface area contributed by atoms with E-state index in [0.29, 0.717) is 17.0 Å². The van der Waals surface area contributed by atoms with Gasteiger partial charge in [0, 0.05) is 30.9 Å². The number of Topliss-reactive ketones (excluding diaryl/α,β-unsaturated/α-hetero) is 1. The summed E-state index contributed by atoms with van der Waals surface area (Å²) in [7, 11) is 0. The van der Waals surface area contributed by atoms with E-state index in [9.17, 15) is 9.59 Å². The fourth-order valence-corrected chi connectivity index (χ4v) is 3.00. The summed E-state index contributed by atoms with van der Waals surface area (Å²) in [4.78, 5) is 29.4. The molecular formula is C18H18N6O3. The van der Waals surface area contributed by atoms with Gasteiger partial charge < -0.3 is 14.6 Å². The molecule has 1 aliphatic rings. The number of amides is 1. The molecule has 0 saturated carbocycles. The maximum Gasteiger partial charge on any atom is 0.270 e. The van der Waals surface area contributed by atoms with E-state index >= 15 is 0 Å². The second kappa shape index (κ2) is 7.40. The quantitative estimate of drug-likeness (QED) is 0.663. The van der Waals surface area contributed by atoms with Crippen molar-refractivity contribution in [1.82, 2.24) is 30.1 Å². The van der Waals surface area contributed by atoms with Crippen LogP contribution < -0.4 is 4.74 Å². The van der Waals surface area contributed by atoms with E-state index in [4.69, 9.17) is 4.74 Å². The van der Waals surface area contributed by atoms with Crippen molar-refractivity contribution in [3.63, 3.8) is 0 Å². The second-order valence-electron chi connectivity index (χ2n) is 6.26. The standard InChI is InChI=1S/C18H18N6O3/c25-17(13-8-16(19-10-13)18(26)23-6-1-2-7-23)11-27-15-5-3-4-14(9-15)24-12-20-21-22-24/h3-5,8-10,12,19H,1-2,6-7,11H2. The molecule has 9 nitrogen and oxygen atoms in total. The number of rotatable bonds is 6. The number of aromatic amines is 1. The van der Waals surface area contributed by atoms with Crippen LogP contribution in [0.5, 0.6) is 5.75 Å². The lowest BCUT2D eigenvalue weighted by Crippen LogP contribution is -2.27. The molecule has 9 heteroatoms. The van der Waals surface area contributed by atoms with Gasteiger partial charge in [-0.15, -0.1) is 5.10 Å². The molecule has 27 heavy (non-hydrogen) atoms. The molecule has 1 fully saturated rings. The Hall–Kier alpha value is -3.49. The molecule has 3 heterocycles. The minimum Gasteiger partial charge on any atom is -0.485 e. The topological polar surface area (TPSA) is 106 Å². The fraction of sp³-hybridized carbons (Fsp3) is 0.278. The third-order valence-electron chi connectivity index (χ3n) is 4.43. The molecule has 0 unspecified atom stereocenters. The van der Waals surface area contributed by atoms with E-state index < -0.39 is 0 Å². The molecule has 0 aliphatic carbocycles. The first-order valence-electron chi connectivity index (χ1n) is 8.68. The molecular weight excluding hydrogens is 348 g/mol. The van der Waals surface area contributed by atoms with Crippen molar-refractivity contribution in [2.75, 3.05) is 19.7 Å². The number of hydrogen-bond donors (Lipinski definition) is 1. The Balaban J connectivity index is 1.38. The molecule has 1 aromatic carbocycles. The Bertz CT molecular complexity index is 944. The zero-order chi connectivity index (χ0) is 18.6. The average Bonchev–Trinajstić information content (AvgIpc) is 3.47. The minimum atomic E-state index is -0.209. The van der Waals surface area contributed by atoms with Crippen LogP contribution in [0.3, 0.4) is 0 Å². The second-order valence-corrected chi connectivity index (χ2v) is 6.26. The van der Waals surface area contributed by atoms with Crippen LogP contribution in [0.2, 0.25) is 0 Å². The Morgan fingerprint density at radius 1 is 1.19 bits per heavy atom. The first-order valence-corrected chi connectivity index (χ1v) is 8.68. The minimum absolute atomic E-state index is 0.0680. The highest BCUT2D eigenvalue weighted by atomic mass is 16.5. The van der Waals surface area contributed by atoms with Gasteiger partial charge in [-0.25, -0.2) is 4.68 Å². The lowest BCUT2D eigenvalue weighted by Gasteiger charge is -2.13. The number of nitrogens with one attached hydrogen (secondary N) is 1. The number of nitrogens with zero attached hydrogens (tertiary/aromatic N) is 5. The van der Waals surface area contributed by atoms with E-state index in [1.165, 1.54) is 11.0 Å². The van der Waals surface area contributed by atoms with Gasteiger partial charge in [-0.3, -0.25) is 9.59 Å². The third kappa shape index (κ3) is 3.71. The summed E-state index contributed by atoms with van der Waals surface area (Å²) in [6.07, 6.45) is 5.07. The highest BCUT2D eigenvalue weighted by Crippen LogP contribution is 2.17.